The van der Waals surface area contributed by atoms with E-state index in [-0.39, 0.29) is 18.1 Å². The Morgan fingerprint density at radius 1 is 1.19 bits per heavy atom. The van der Waals surface area contributed by atoms with Gasteiger partial charge in [-0.05, 0) is 37.3 Å². The molecule has 0 fully saturated rings. The Morgan fingerprint density at radius 3 is 2.59 bits per heavy atom. The molecule has 1 amide bonds. The molecule has 0 radical (unpaired) electrons. The van der Waals surface area contributed by atoms with E-state index in [4.69, 9.17) is 0 Å². The molecule has 4 nitrogen and oxygen atoms in total. The van der Waals surface area contributed by atoms with Crippen LogP contribution >= 0.6 is 11.3 Å². The van der Waals surface area contributed by atoms with Gasteiger partial charge in [0, 0.05) is 16.6 Å². The van der Waals surface area contributed by atoms with Crippen molar-refractivity contribution in [2.45, 2.75) is 19.7 Å². The average Bonchev–Trinajstić information content (AvgIpc) is 3.04. The number of aromatic nitrogens is 1. The molecule has 0 aliphatic rings. The lowest BCUT2D eigenvalue weighted by Crippen LogP contribution is -2.17. The molecule has 3 aromatic rings. The van der Waals surface area contributed by atoms with Gasteiger partial charge < -0.3 is 10.1 Å². The van der Waals surface area contributed by atoms with Gasteiger partial charge in [-0.3, -0.25) is 4.79 Å². The van der Waals surface area contributed by atoms with E-state index in [0.29, 0.717) is 11.4 Å². The summed E-state index contributed by atoms with van der Waals surface area (Å²) < 4.78 is 40.2. The van der Waals surface area contributed by atoms with Crippen LogP contribution in [0.25, 0.3) is 10.6 Å². The minimum absolute atomic E-state index is 0.0725. The number of rotatable bonds is 5. The third-order valence-corrected chi connectivity index (χ3v) is 4.47. The number of thiazole rings is 1. The normalized spacial score (nSPS) is 11.3. The fraction of sp³-hybridized carbons (Fsp3) is 0.158. The summed E-state index contributed by atoms with van der Waals surface area (Å²) in [5, 5.41) is 5.27. The van der Waals surface area contributed by atoms with Gasteiger partial charge in [0.25, 0.3) is 0 Å². The highest BCUT2D eigenvalue weighted by Crippen LogP contribution is 2.26. The van der Waals surface area contributed by atoms with Crippen LogP contribution in [0.4, 0.5) is 18.9 Å². The molecule has 3 rings (SSSR count). The molecule has 1 N–H and O–H groups in total. The zero-order chi connectivity index (χ0) is 19.4. The van der Waals surface area contributed by atoms with Crippen molar-refractivity contribution >= 4 is 22.9 Å². The topological polar surface area (TPSA) is 51.2 Å². The lowest BCUT2D eigenvalue weighted by Gasteiger charge is -2.09. The van der Waals surface area contributed by atoms with Crippen molar-refractivity contribution in [2.24, 2.45) is 0 Å². The monoisotopic (exact) mass is 392 g/mol. The summed E-state index contributed by atoms with van der Waals surface area (Å²) in [5.41, 5.74) is 3.13. The third-order valence-electron chi connectivity index (χ3n) is 3.53. The van der Waals surface area contributed by atoms with Gasteiger partial charge in [-0.1, -0.05) is 23.8 Å². The fourth-order valence-electron chi connectivity index (χ4n) is 2.41. The van der Waals surface area contributed by atoms with Crippen LogP contribution in [0.2, 0.25) is 0 Å². The van der Waals surface area contributed by atoms with Crippen molar-refractivity contribution in [1.82, 2.24) is 4.98 Å². The van der Waals surface area contributed by atoms with Gasteiger partial charge in [-0.25, -0.2) is 4.98 Å². The molecule has 0 bridgehead atoms. The van der Waals surface area contributed by atoms with Crippen LogP contribution in [0.3, 0.4) is 0 Å². The smallest absolute Gasteiger partial charge is 0.406 e. The number of amides is 1. The van der Waals surface area contributed by atoms with Gasteiger partial charge in [0.1, 0.15) is 10.8 Å². The first-order valence-electron chi connectivity index (χ1n) is 7.95. The van der Waals surface area contributed by atoms with Crippen molar-refractivity contribution in [3.8, 4) is 16.3 Å². The van der Waals surface area contributed by atoms with Crippen LogP contribution in [0.5, 0.6) is 5.75 Å². The standard InChI is InChI=1S/C19H15F3N2O2S/c1-12-3-2-4-13(9-12)18-24-15(11-27-18)10-17(25)23-14-5-7-16(8-6-14)26-19(20,21)22/h2-9,11H,10H2,1H3,(H,23,25). The number of carbonyl (C=O) groups excluding carboxylic acids is 1. The van der Waals surface area contributed by atoms with Crippen LogP contribution in [0, 0.1) is 6.92 Å². The van der Waals surface area contributed by atoms with E-state index >= 15 is 0 Å². The molecule has 0 saturated heterocycles. The number of anilines is 1. The number of aryl methyl sites for hydroxylation is 1. The maximum Gasteiger partial charge on any atom is 0.573 e. The second-order valence-corrected chi connectivity index (χ2v) is 6.67. The summed E-state index contributed by atoms with van der Waals surface area (Å²) in [6.07, 6.45) is -4.67. The zero-order valence-corrected chi connectivity index (χ0v) is 15.0. The molecule has 0 atom stereocenters. The Balaban J connectivity index is 1.60. The van der Waals surface area contributed by atoms with Crippen molar-refractivity contribution in [3.63, 3.8) is 0 Å². The van der Waals surface area contributed by atoms with Crippen LogP contribution in [0.1, 0.15) is 11.3 Å². The largest absolute Gasteiger partial charge is 0.573 e. The van der Waals surface area contributed by atoms with E-state index in [1.165, 1.54) is 23.5 Å². The Bertz CT molecular complexity index is 937. The van der Waals surface area contributed by atoms with Gasteiger partial charge in [-0.2, -0.15) is 0 Å². The highest BCUT2D eigenvalue weighted by molar-refractivity contribution is 7.13. The Hall–Kier alpha value is -2.87. The summed E-state index contributed by atoms with van der Waals surface area (Å²) >= 11 is 1.45. The van der Waals surface area contributed by atoms with E-state index < -0.39 is 6.36 Å². The van der Waals surface area contributed by atoms with E-state index in [1.807, 2.05) is 36.6 Å². The van der Waals surface area contributed by atoms with Crippen LogP contribution in [-0.2, 0) is 11.2 Å². The molecule has 0 saturated carbocycles. The predicted molar refractivity (Wildman–Crippen MR) is 97.7 cm³/mol. The first kappa shape index (κ1) is 18.9. The third kappa shape index (κ3) is 5.55. The summed E-state index contributed by atoms with van der Waals surface area (Å²) in [7, 11) is 0. The maximum absolute atomic E-state index is 12.1. The molecule has 1 aromatic heterocycles. The molecular weight excluding hydrogens is 377 g/mol. The number of carbonyl (C=O) groups is 1. The second kappa shape index (κ2) is 7.79. The fourth-order valence-corrected chi connectivity index (χ4v) is 3.23. The molecule has 27 heavy (non-hydrogen) atoms. The van der Waals surface area contributed by atoms with Gasteiger partial charge in [0.15, 0.2) is 0 Å². The summed E-state index contributed by atoms with van der Waals surface area (Å²) in [5.74, 6) is -0.650. The molecule has 0 spiro atoms. The van der Waals surface area contributed by atoms with Gasteiger partial charge in [0.05, 0.1) is 12.1 Å². The summed E-state index contributed by atoms with van der Waals surface area (Å²) in [6, 6.07) is 12.9. The lowest BCUT2D eigenvalue weighted by atomic mass is 10.1. The number of benzene rings is 2. The minimum atomic E-state index is -4.75. The number of nitrogens with zero attached hydrogens (tertiary/aromatic N) is 1. The van der Waals surface area contributed by atoms with E-state index in [0.717, 1.165) is 28.3 Å². The minimum Gasteiger partial charge on any atom is -0.406 e. The molecular formula is C19H15F3N2O2S. The number of halogens is 3. The number of nitrogens with one attached hydrogen (secondary N) is 1. The maximum atomic E-state index is 12.1. The first-order valence-corrected chi connectivity index (χ1v) is 8.83. The van der Waals surface area contributed by atoms with Crippen molar-refractivity contribution in [1.29, 1.82) is 0 Å². The molecule has 1 heterocycles. The molecule has 0 aliphatic heterocycles. The Morgan fingerprint density at radius 2 is 1.93 bits per heavy atom. The van der Waals surface area contributed by atoms with Gasteiger partial charge >= 0.3 is 6.36 Å². The highest BCUT2D eigenvalue weighted by Gasteiger charge is 2.30. The van der Waals surface area contributed by atoms with E-state index in [2.05, 4.69) is 15.0 Å². The van der Waals surface area contributed by atoms with Crippen molar-refractivity contribution < 1.29 is 22.7 Å². The average molecular weight is 392 g/mol. The quantitative estimate of drug-likeness (QED) is 0.649. The molecule has 0 unspecified atom stereocenters. The van der Waals surface area contributed by atoms with Gasteiger partial charge in [0.2, 0.25) is 5.91 Å². The first-order chi connectivity index (χ1) is 12.8. The Kier molecular flexibility index (Phi) is 5.46. The molecule has 0 aliphatic carbocycles. The second-order valence-electron chi connectivity index (χ2n) is 5.81. The predicted octanol–water partition coefficient (Wildman–Crippen LogP) is 5.20. The summed E-state index contributed by atoms with van der Waals surface area (Å²) in [6.45, 7) is 2.00. The lowest BCUT2D eigenvalue weighted by molar-refractivity contribution is -0.274. The van der Waals surface area contributed by atoms with Crippen LogP contribution < -0.4 is 10.1 Å². The van der Waals surface area contributed by atoms with Crippen molar-refractivity contribution in [2.75, 3.05) is 5.32 Å². The molecule has 8 heteroatoms. The number of ether oxygens (including phenoxy) is 1. The molecule has 2 aromatic carbocycles. The van der Waals surface area contributed by atoms with Crippen LogP contribution in [0.15, 0.2) is 53.9 Å². The molecule has 140 valence electrons. The highest BCUT2D eigenvalue weighted by atomic mass is 32.1. The van der Waals surface area contributed by atoms with E-state index in [1.54, 1.807) is 0 Å². The Labute approximate surface area is 157 Å². The number of alkyl halides is 3. The summed E-state index contributed by atoms with van der Waals surface area (Å²) in [4.78, 5) is 16.6. The number of hydrogen-bond acceptors (Lipinski definition) is 4. The SMILES string of the molecule is Cc1cccc(-c2nc(CC(=O)Nc3ccc(OC(F)(F)F)cc3)cs2)c1. The van der Waals surface area contributed by atoms with Gasteiger partial charge in [-0.15, -0.1) is 24.5 Å². The van der Waals surface area contributed by atoms with Crippen molar-refractivity contribution in [3.05, 3.63) is 65.2 Å². The van der Waals surface area contributed by atoms with Crippen LogP contribution in [-0.4, -0.2) is 17.3 Å². The van der Waals surface area contributed by atoms with E-state index in [9.17, 15) is 18.0 Å². The zero-order valence-electron chi connectivity index (χ0n) is 14.2. The number of hydrogen-bond donors (Lipinski definition) is 1.